The van der Waals surface area contributed by atoms with E-state index >= 15 is 0 Å². The summed E-state index contributed by atoms with van der Waals surface area (Å²) in [6.07, 6.45) is 2.44. The zero-order valence-electron chi connectivity index (χ0n) is 14.4. The number of aryl methyl sites for hydroxylation is 1. The van der Waals surface area contributed by atoms with E-state index in [0.29, 0.717) is 18.7 Å². The van der Waals surface area contributed by atoms with Gasteiger partial charge in [-0.05, 0) is 37.1 Å². The largest absolute Gasteiger partial charge is 0.490 e. The standard InChI is InChI=1S/C18H24N2O5/c1-12-10-14(2-3-16(12)25-15-5-8-24-9-6-15)19-18(23)20-7-4-13(11-20)17(21)22/h2-3,10,13,15H,4-9,11H2,1H3,(H,19,23)(H,21,22). The lowest BCUT2D eigenvalue weighted by Crippen LogP contribution is -2.33. The molecule has 7 nitrogen and oxygen atoms in total. The van der Waals surface area contributed by atoms with Crippen LogP contribution in [0.2, 0.25) is 0 Å². The van der Waals surface area contributed by atoms with E-state index in [2.05, 4.69) is 5.32 Å². The summed E-state index contributed by atoms with van der Waals surface area (Å²) >= 11 is 0. The van der Waals surface area contributed by atoms with Crippen molar-refractivity contribution in [1.29, 1.82) is 0 Å². The quantitative estimate of drug-likeness (QED) is 0.873. The Bertz CT molecular complexity index is 642. The van der Waals surface area contributed by atoms with Crippen LogP contribution in [0.4, 0.5) is 10.5 Å². The summed E-state index contributed by atoms with van der Waals surface area (Å²) in [5.41, 5.74) is 1.63. The van der Waals surface area contributed by atoms with E-state index in [1.54, 1.807) is 4.90 Å². The van der Waals surface area contributed by atoms with Crippen LogP contribution >= 0.6 is 0 Å². The van der Waals surface area contributed by atoms with Gasteiger partial charge in [0.15, 0.2) is 0 Å². The highest BCUT2D eigenvalue weighted by molar-refractivity contribution is 5.90. The van der Waals surface area contributed by atoms with Crippen LogP contribution in [0, 0.1) is 12.8 Å². The summed E-state index contributed by atoms with van der Waals surface area (Å²) in [6, 6.07) is 5.28. The molecular weight excluding hydrogens is 324 g/mol. The third-order valence-corrected chi connectivity index (χ3v) is 4.71. The van der Waals surface area contributed by atoms with Crippen molar-refractivity contribution in [3.8, 4) is 5.75 Å². The van der Waals surface area contributed by atoms with Gasteiger partial charge >= 0.3 is 12.0 Å². The predicted molar refractivity (Wildman–Crippen MR) is 92.0 cm³/mol. The number of carbonyl (C=O) groups excluding carboxylic acids is 1. The summed E-state index contributed by atoms with van der Waals surface area (Å²) in [6.45, 7) is 4.12. The van der Waals surface area contributed by atoms with Crippen molar-refractivity contribution in [2.45, 2.75) is 32.3 Å². The monoisotopic (exact) mass is 348 g/mol. The van der Waals surface area contributed by atoms with E-state index in [-0.39, 0.29) is 18.7 Å². The molecule has 0 spiro atoms. The number of ether oxygens (including phenoxy) is 2. The van der Waals surface area contributed by atoms with Gasteiger partial charge in [-0.1, -0.05) is 0 Å². The van der Waals surface area contributed by atoms with Crippen molar-refractivity contribution in [1.82, 2.24) is 4.90 Å². The van der Waals surface area contributed by atoms with Crippen LogP contribution in [-0.4, -0.2) is 54.4 Å². The first-order valence-corrected chi connectivity index (χ1v) is 8.66. The fraction of sp³-hybridized carbons (Fsp3) is 0.556. The first-order valence-electron chi connectivity index (χ1n) is 8.66. The number of hydrogen-bond donors (Lipinski definition) is 2. The lowest BCUT2D eigenvalue weighted by atomic mass is 10.1. The average Bonchev–Trinajstić information content (AvgIpc) is 3.09. The third-order valence-electron chi connectivity index (χ3n) is 4.71. The van der Waals surface area contributed by atoms with Gasteiger partial charge in [-0.2, -0.15) is 0 Å². The number of carboxylic acid groups (broad SMARTS) is 1. The maximum Gasteiger partial charge on any atom is 0.321 e. The summed E-state index contributed by atoms with van der Waals surface area (Å²) < 4.78 is 11.4. The van der Waals surface area contributed by atoms with Crippen molar-refractivity contribution in [3.63, 3.8) is 0 Å². The molecule has 2 aliphatic rings. The Morgan fingerprint density at radius 2 is 2.04 bits per heavy atom. The molecule has 1 atom stereocenters. The normalized spacial score (nSPS) is 21.2. The molecule has 1 aromatic rings. The van der Waals surface area contributed by atoms with Gasteiger partial charge in [0.05, 0.1) is 19.1 Å². The fourth-order valence-electron chi connectivity index (χ4n) is 3.18. The molecular formula is C18H24N2O5. The number of nitrogens with one attached hydrogen (secondary N) is 1. The Kier molecular flexibility index (Phi) is 5.43. The van der Waals surface area contributed by atoms with Gasteiger partial charge < -0.3 is 24.8 Å². The molecule has 2 fully saturated rings. The molecule has 0 aliphatic carbocycles. The maximum absolute atomic E-state index is 12.3. The summed E-state index contributed by atoms with van der Waals surface area (Å²) in [7, 11) is 0. The molecule has 136 valence electrons. The van der Waals surface area contributed by atoms with E-state index < -0.39 is 11.9 Å². The molecule has 0 saturated carbocycles. The number of anilines is 1. The van der Waals surface area contributed by atoms with Gasteiger partial charge in [-0.15, -0.1) is 0 Å². The number of hydrogen-bond acceptors (Lipinski definition) is 4. The molecule has 2 N–H and O–H groups in total. The summed E-state index contributed by atoms with van der Waals surface area (Å²) in [5.74, 6) is -0.500. The molecule has 0 radical (unpaired) electrons. The molecule has 0 aromatic heterocycles. The molecule has 1 aromatic carbocycles. The number of urea groups is 1. The van der Waals surface area contributed by atoms with Gasteiger partial charge in [0.25, 0.3) is 0 Å². The maximum atomic E-state index is 12.3. The summed E-state index contributed by atoms with van der Waals surface area (Å²) in [4.78, 5) is 24.8. The molecule has 2 aliphatic heterocycles. The molecule has 2 saturated heterocycles. The Labute approximate surface area is 146 Å². The van der Waals surface area contributed by atoms with Crippen molar-refractivity contribution in [2.24, 2.45) is 5.92 Å². The van der Waals surface area contributed by atoms with Crippen molar-refractivity contribution < 1.29 is 24.2 Å². The van der Waals surface area contributed by atoms with E-state index in [1.165, 1.54) is 0 Å². The minimum atomic E-state index is -0.847. The molecule has 3 rings (SSSR count). The summed E-state index contributed by atoms with van der Waals surface area (Å²) in [5, 5.41) is 11.9. The second-order valence-electron chi connectivity index (χ2n) is 6.61. The van der Waals surface area contributed by atoms with Crippen LogP contribution in [0.25, 0.3) is 0 Å². The van der Waals surface area contributed by atoms with Crippen LogP contribution < -0.4 is 10.1 Å². The highest BCUT2D eigenvalue weighted by atomic mass is 16.5. The number of amides is 2. The van der Waals surface area contributed by atoms with Crippen molar-refractivity contribution in [3.05, 3.63) is 23.8 Å². The predicted octanol–water partition coefficient (Wildman–Crippen LogP) is 2.49. The SMILES string of the molecule is Cc1cc(NC(=O)N2CCC(C(=O)O)C2)ccc1OC1CCOCC1. The lowest BCUT2D eigenvalue weighted by molar-refractivity contribution is -0.141. The van der Waals surface area contributed by atoms with E-state index in [0.717, 1.165) is 37.4 Å². The third kappa shape index (κ3) is 4.42. The molecule has 2 amide bonds. The lowest BCUT2D eigenvalue weighted by Gasteiger charge is -2.24. The van der Waals surface area contributed by atoms with Gasteiger partial charge in [-0.25, -0.2) is 4.79 Å². The van der Waals surface area contributed by atoms with Crippen LogP contribution in [0.3, 0.4) is 0 Å². The smallest absolute Gasteiger partial charge is 0.321 e. The van der Waals surface area contributed by atoms with Gasteiger partial charge in [0, 0.05) is 31.6 Å². The van der Waals surface area contributed by atoms with Crippen molar-refractivity contribution in [2.75, 3.05) is 31.6 Å². The van der Waals surface area contributed by atoms with Crippen LogP contribution in [0.1, 0.15) is 24.8 Å². The van der Waals surface area contributed by atoms with E-state index in [9.17, 15) is 9.59 Å². The number of nitrogens with zero attached hydrogens (tertiary/aromatic N) is 1. The minimum Gasteiger partial charge on any atom is -0.490 e. The average molecular weight is 348 g/mol. The molecule has 25 heavy (non-hydrogen) atoms. The molecule has 1 unspecified atom stereocenters. The number of rotatable bonds is 4. The van der Waals surface area contributed by atoms with E-state index in [4.69, 9.17) is 14.6 Å². The zero-order chi connectivity index (χ0) is 17.8. The van der Waals surface area contributed by atoms with Gasteiger partial charge in [-0.3, -0.25) is 4.79 Å². The Morgan fingerprint density at radius 1 is 1.28 bits per heavy atom. The van der Waals surface area contributed by atoms with Gasteiger partial charge in [0.2, 0.25) is 0 Å². The Hall–Kier alpha value is -2.28. The number of likely N-dealkylation sites (tertiary alicyclic amines) is 1. The second-order valence-corrected chi connectivity index (χ2v) is 6.61. The first kappa shape index (κ1) is 17.5. The minimum absolute atomic E-state index is 0.172. The Balaban J connectivity index is 1.57. The van der Waals surface area contributed by atoms with E-state index in [1.807, 2.05) is 25.1 Å². The highest BCUT2D eigenvalue weighted by Gasteiger charge is 2.30. The van der Waals surface area contributed by atoms with Crippen molar-refractivity contribution >= 4 is 17.7 Å². The fourth-order valence-corrected chi connectivity index (χ4v) is 3.18. The van der Waals surface area contributed by atoms with Crippen LogP contribution in [0.15, 0.2) is 18.2 Å². The number of carboxylic acids is 1. The Morgan fingerprint density at radius 3 is 2.68 bits per heavy atom. The van der Waals surface area contributed by atoms with Crippen LogP contribution in [0.5, 0.6) is 5.75 Å². The number of benzene rings is 1. The highest BCUT2D eigenvalue weighted by Crippen LogP contribution is 2.26. The van der Waals surface area contributed by atoms with Crippen LogP contribution in [-0.2, 0) is 9.53 Å². The molecule has 2 heterocycles. The number of carbonyl (C=O) groups is 2. The first-order chi connectivity index (χ1) is 12.0. The second kappa shape index (κ2) is 7.74. The van der Waals surface area contributed by atoms with Gasteiger partial charge in [0.1, 0.15) is 11.9 Å². The topological polar surface area (TPSA) is 88.1 Å². The molecule has 7 heteroatoms. The molecule has 0 bridgehead atoms. The number of aliphatic carboxylic acids is 1. The zero-order valence-corrected chi connectivity index (χ0v) is 14.4.